The Hall–Kier alpha value is -1.73. The first-order valence-corrected chi connectivity index (χ1v) is 8.78. The van der Waals surface area contributed by atoms with Gasteiger partial charge < -0.3 is 5.32 Å². The van der Waals surface area contributed by atoms with Crippen molar-refractivity contribution in [2.45, 2.75) is 44.8 Å². The molecule has 1 aromatic carbocycles. The van der Waals surface area contributed by atoms with Crippen molar-refractivity contribution in [2.75, 3.05) is 5.32 Å². The van der Waals surface area contributed by atoms with Crippen molar-refractivity contribution in [3.8, 4) is 0 Å². The first-order valence-electron chi connectivity index (χ1n) is 8.02. The van der Waals surface area contributed by atoms with Gasteiger partial charge >= 0.3 is 6.18 Å². The van der Waals surface area contributed by atoms with Crippen LogP contribution in [0, 0.1) is 6.92 Å². The van der Waals surface area contributed by atoms with E-state index in [1.54, 1.807) is 25.1 Å². The van der Waals surface area contributed by atoms with E-state index in [0.29, 0.717) is 16.3 Å². The van der Waals surface area contributed by atoms with Gasteiger partial charge in [-0.3, -0.25) is 9.48 Å². The van der Waals surface area contributed by atoms with Gasteiger partial charge in [-0.05, 0) is 44.4 Å². The van der Waals surface area contributed by atoms with Gasteiger partial charge in [0.1, 0.15) is 6.04 Å². The Bertz CT molecular complexity index is 860. The monoisotopic (exact) mass is 405 g/mol. The summed E-state index contributed by atoms with van der Waals surface area (Å²) in [6.07, 6.45) is -3.22. The second-order valence-corrected chi connectivity index (χ2v) is 7.13. The summed E-state index contributed by atoms with van der Waals surface area (Å²) in [5, 5.41) is 6.38. The van der Waals surface area contributed by atoms with Gasteiger partial charge in [0.05, 0.1) is 10.7 Å². The Morgan fingerprint density at radius 1 is 1.35 bits per heavy atom. The molecule has 1 aromatic heterocycles. The number of alkyl halides is 3. The van der Waals surface area contributed by atoms with Crippen LogP contribution in [0.3, 0.4) is 0 Å². The van der Waals surface area contributed by atoms with E-state index >= 15 is 0 Å². The van der Waals surface area contributed by atoms with Gasteiger partial charge in [-0.25, -0.2) is 0 Å². The van der Waals surface area contributed by atoms with Gasteiger partial charge in [-0.15, -0.1) is 0 Å². The summed E-state index contributed by atoms with van der Waals surface area (Å²) in [5.41, 5.74) is 0.285. The lowest BCUT2D eigenvalue weighted by Gasteiger charge is -2.17. The fourth-order valence-corrected chi connectivity index (χ4v) is 3.28. The number of carbonyl (C=O) groups is 1. The molecule has 1 fully saturated rings. The highest BCUT2D eigenvalue weighted by Crippen LogP contribution is 2.47. The van der Waals surface area contributed by atoms with Crippen LogP contribution in [0.25, 0.3) is 0 Å². The summed E-state index contributed by atoms with van der Waals surface area (Å²) in [5.74, 6) is -0.598. The normalized spacial score (nSPS) is 15.8. The number of anilines is 1. The molecule has 1 aliphatic rings. The predicted molar refractivity (Wildman–Crippen MR) is 93.7 cm³/mol. The van der Waals surface area contributed by atoms with E-state index in [1.807, 2.05) is 0 Å². The first kappa shape index (κ1) is 19.0. The highest BCUT2D eigenvalue weighted by Gasteiger charge is 2.43. The highest BCUT2D eigenvalue weighted by atomic mass is 35.5. The molecule has 2 aromatic rings. The Morgan fingerprint density at radius 3 is 2.58 bits per heavy atom. The molecular formula is C17H16Cl2F3N3O. The average molecular weight is 406 g/mol. The number of halogens is 5. The molecule has 0 radical (unpaired) electrons. The number of carbonyl (C=O) groups excluding carboxylic acids is 1. The van der Waals surface area contributed by atoms with E-state index in [9.17, 15) is 18.0 Å². The molecule has 4 nitrogen and oxygen atoms in total. The Kier molecular flexibility index (Phi) is 4.96. The number of aromatic nitrogens is 2. The number of hydrogen-bond donors (Lipinski definition) is 1. The molecule has 1 amide bonds. The molecule has 0 spiro atoms. The molecule has 0 bridgehead atoms. The molecule has 26 heavy (non-hydrogen) atoms. The van der Waals surface area contributed by atoms with Crippen LogP contribution in [-0.4, -0.2) is 15.7 Å². The van der Waals surface area contributed by atoms with E-state index in [2.05, 4.69) is 10.4 Å². The number of amides is 1. The summed E-state index contributed by atoms with van der Waals surface area (Å²) < 4.78 is 40.6. The summed E-state index contributed by atoms with van der Waals surface area (Å²) in [7, 11) is 0. The lowest BCUT2D eigenvalue weighted by atomic mass is 10.2. The van der Waals surface area contributed by atoms with Crippen LogP contribution in [0.15, 0.2) is 18.2 Å². The molecule has 1 N–H and O–H groups in total. The second-order valence-electron chi connectivity index (χ2n) is 6.34. The van der Waals surface area contributed by atoms with E-state index in [1.165, 1.54) is 6.92 Å². The minimum atomic E-state index is -4.67. The van der Waals surface area contributed by atoms with Crippen molar-refractivity contribution in [3.05, 3.63) is 45.2 Å². The molecular weight excluding hydrogens is 390 g/mol. The zero-order valence-electron chi connectivity index (χ0n) is 14.0. The summed E-state index contributed by atoms with van der Waals surface area (Å²) in [6.45, 7) is 3.23. The lowest BCUT2D eigenvalue weighted by Crippen LogP contribution is -2.26. The van der Waals surface area contributed by atoms with Crippen LogP contribution in [-0.2, 0) is 11.0 Å². The fourth-order valence-electron chi connectivity index (χ4n) is 2.72. The Labute approximate surface area is 158 Å². The van der Waals surface area contributed by atoms with Crippen molar-refractivity contribution < 1.29 is 18.0 Å². The SMILES string of the molecule is Cc1c(Cl)cccc1NC(=O)C(C)n1nc(C(F)(F)F)c(Cl)c1C1CC1. The predicted octanol–water partition coefficient (Wildman–Crippen LogP) is 5.59. The number of hydrogen-bond acceptors (Lipinski definition) is 2. The molecule has 1 atom stereocenters. The molecule has 1 saturated carbocycles. The van der Waals surface area contributed by atoms with Crippen LogP contribution in [0.4, 0.5) is 18.9 Å². The van der Waals surface area contributed by atoms with E-state index in [4.69, 9.17) is 23.2 Å². The molecule has 0 aliphatic heterocycles. The second kappa shape index (κ2) is 6.78. The van der Waals surface area contributed by atoms with Gasteiger partial charge in [0.15, 0.2) is 5.69 Å². The number of nitrogens with one attached hydrogen (secondary N) is 1. The summed E-state index contributed by atoms with van der Waals surface area (Å²) in [4.78, 5) is 12.6. The van der Waals surface area contributed by atoms with Gasteiger partial charge in [0, 0.05) is 16.6 Å². The third kappa shape index (κ3) is 3.55. The largest absolute Gasteiger partial charge is 0.436 e. The van der Waals surface area contributed by atoms with Crippen molar-refractivity contribution in [2.24, 2.45) is 0 Å². The highest BCUT2D eigenvalue weighted by molar-refractivity contribution is 6.32. The van der Waals surface area contributed by atoms with Gasteiger partial charge in [-0.2, -0.15) is 18.3 Å². The van der Waals surface area contributed by atoms with Crippen molar-refractivity contribution in [1.29, 1.82) is 0 Å². The number of nitrogens with zero attached hydrogens (tertiary/aromatic N) is 2. The fraction of sp³-hybridized carbons (Fsp3) is 0.412. The van der Waals surface area contributed by atoms with Gasteiger partial charge in [0.2, 0.25) is 5.91 Å². The zero-order valence-corrected chi connectivity index (χ0v) is 15.5. The van der Waals surface area contributed by atoms with Crippen molar-refractivity contribution in [1.82, 2.24) is 9.78 Å². The number of rotatable bonds is 4. The molecule has 140 valence electrons. The van der Waals surface area contributed by atoms with Gasteiger partial charge in [-0.1, -0.05) is 29.3 Å². The Balaban J connectivity index is 1.93. The van der Waals surface area contributed by atoms with Gasteiger partial charge in [0.25, 0.3) is 0 Å². The summed E-state index contributed by atoms with van der Waals surface area (Å²) in [6, 6.07) is 4.07. The minimum Gasteiger partial charge on any atom is -0.324 e. The average Bonchev–Trinajstić information content (AvgIpc) is 3.32. The molecule has 9 heteroatoms. The topological polar surface area (TPSA) is 46.9 Å². The van der Waals surface area contributed by atoms with Crippen LogP contribution in [0.5, 0.6) is 0 Å². The maximum atomic E-state index is 13.2. The first-order chi connectivity index (χ1) is 12.1. The smallest absolute Gasteiger partial charge is 0.324 e. The van der Waals surface area contributed by atoms with Crippen LogP contribution < -0.4 is 5.32 Å². The molecule has 3 rings (SSSR count). The zero-order chi connectivity index (χ0) is 19.2. The maximum Gasteiger partial charge on any atom is 0.436 e. The minimum absolute atomic E-state index is 0.103. The lowest BCUT2D eigenvalue weighted by molar-refractivity contribution is -0.141. The third-order valence-electron chi connectivity index (χ3n) is 4.39. The van der Waals surface area contributed by atoms with E-state index in [-0.39, 0.29) is 11.6 Å². The molecule has 0 saturated heterocycles. The van der Waals surface area contributed by atoms with E-state index < -0.39 is 28.8 Å². The quantitative estimate of drug-likeness (QED) is 0.719. The maximum absolute atomic E-state index is 13.2. The van der Waals surface area contributed by atoms with E-state index in [0.717, 1.165) is 17.5 Å². The molecule has 1 heterocycles. The molecule has 1 aliphatic carbocycles. The van der Waals surface area contributed by atoms with Crippen LogP contribution in [0.1, 0.15) is 48.7 Å². The van der Waals surface area contributed by atoms with Crippen molar-refractivity contribution >= 4 is 34.8 Å². The standard InChI is InChI=1S/C17H16Cl2F3N3O/c1-8-11(18)4-3-5-12(8)23-16(26)9(2)25-14(10-6-7-10)13(19)15(24-25)17(20,21)22/h3-5,9-10H,6-7H2,1-2H3,(H,23,26). The third-order valence-corrected chi connectivity index (χ3v) is 5.17. The van der Waals surface area contributed by atoms with Crippen LogP contribution >= 0.6 is 23.2 Å². The molecule has 1 unspecified atom stereocenters. The summed E-state index contributed by atoms with van der Waals surface area (Å²) >= 11 is 12.0. The van der Waals surface area contributed by atoms with Crippen molar-refractivity contribution in [3.63, 3.8) is 0 Å². The number of benzene rings is 1. The Morgan fingerprint density at radius 2 is 2.00 bits per heavy atom. The van der Waals surface area contributed by atoms with Crippen LogP contribution in [0.2, 0.25) is 10.0 Å².